The molecule has 0 spiro atoms. The van der Waals surface area contributed by atoms with Crippen molar-refractivity contribution in [2.45, 2.75) is 109 Å². The Morgan fingerprint density at radius 1 is 1.11 bits per heavy atom. The van der Waals surface area contributed by atoms with Crippen LogP contribution in [0, 0.1) is 11.8 Å². The minimum absolute atomic E-state index is 0.00462. The van der Waals surface area contributed by atoms with Gasteiger partial charge in [0.25, 0.3) is 5.91 Å². The molecule has 36 heavy (non-hydrogen) atoms. The van der Waals surface area contributed by atoms with Crippen molar-refractivity contribution in [3.05, 3.63) is 35.2 Å². The summed E-state index contributed by atoms with van der Waals surface area (Å²) in [5.74, 6) is 0.0130. The molecule has 2 N–H and O–H groups in total. The Morgan fingerprint density at radius 3 is 2.42 bits per heavy atom. The predicted octanol–water partition coefficient (Wildman–Crippen LogP) is 5.47. The number of aromatic nitrogens is 3. The Balaban J connectivity index is 1.48. The molecule has 3 aliphatic rings. The quantitative estimate of drug-likeness (QED) is 0.534. The molecule has 0 unspecified atom stereocenters. The van der Waals surface area contributed by atoms with Gasteiger partial charge in [-0.15, -0.1) is 5.10 Å². The van der Waals surface area contributed by atoms with Gasteiger partial charge in [0.15, 0.2) is 5.82 Å². The molecule has 0 radical (unpaired) electrons. The van der Waals surface area contributed by atoms with E-state index in [1.54, 1.807) is 0 Å². The van der Waals surface area contributed by atoms with Gasteiger partial charge in [0.2, 0.25) is 5.82 Å². The smallest absolute Gasteiger partial charge is 0.306 e. The van der Waals surface area contributed by atoms with Gasteiger partial charge in [-0.1, -0.05) is 53.0 Å². The van der Waals surface area contributed by atoms with Crippen LogP contribution in [0.5, 0.6) is 0 Å². The van der Waals surface area contributed by atoms with Gasteiger partial charge in [0, 0.05) is 18.2 Å². The molecular weight excluding hydrogens is 452 g/mol. The van der Waals surface area contributed by atoms with Crippen LogP contribution in [0.15, 0.2) is 18.2 Å². The van der Waals surface area contributed by atoms with Gasteiger partial charge in [-0.2, -0.15) is 0 Å². The highest BCUT2D eigenvalue weighted by Gasteiger charge is 2.40. The molecular formula is C29H40N4O3. The second-order valence-corrected chi connectivity index (χ2v) is 12.7. The first-order valence-electron chi connectivity index (χ1n) is 13.7. The molecule has 3 fully saturated rings. The van der Waals surface area contributed by atoms with Gasteiger partial charge in [-0.05, 0) is 78.5 Å². The lowest BCUT2D eigenvalue weighted by molar-refractivity contribution is -0.145. The van der Waals surface area contributed by atoms with Crippen molar-refractivity contribution in [1.82, 2.24) is 20.1 Å². The summed E-state index contributed by atoms with van der Waals surface area (Å²) < 4.78 is 1.96. The zero-order valence-electron chi connectivity index (χ0n) is 22.1. The molecule has 0 aliphatic heterocycles. The number of amides is 1. The monoisotopic (exact) mass is 492 g/mol. The predicted molar refractivity (Wildman–Crippen MR) is 139 cm³/mol. The van der Waals surface area contributed by atoms with Crippen LogP contribution in [0.3, 0.4) is 0 Å². The number of hydrogen-bond donors (Lipinski definition) is 2. The zero-order chi connectivity index (χ0) is 25.7. The molecule has 3 aliphatic carbocycles. The molecule has 5 rings (SSSR count). The highest BCUT2D eigenvalue weighted by Crippen LogP contribution is 2.49. The summed E-state index contributed by atoms with van der Waals surface area (Å²) in [6, 6.07) is 6.70. The summed E-state index contributed by atoms with van der Waals surface area (Å²) >= 11 is 0. The fraction of sp³-hybridized carbons (Fsp3) is 0.655. The molecule has 7 heteroatoms. The standard InChI is InChI=1S/C29H40N4O3/c1-28(2,3)21-12-19(13-22(16-21)29(4)10-11-29)25-31-24(26(34)30-23-14-20(15-23)27(35)36)32-33(25)17-18-8-6-5-7-9-18/h12-13,16,18,20,23H,5-11,14-15,17H2,1-4H3,(H,30,34)(H,35,36)/t20-,23-. The molecule has 1 amide bonds. The van der Waals surface area contributed by atoms with E-state index in [1.165, 1.54) is 56.1 Å². The fourth-order valence-electron chi connectivity index (χ4n) is 5.60. The molecule has 3 saturated carbocycles. The van der Waals surface area contributed by atoms with Crippen LogP contribution < -0.4 is 5.32 Å². The van der Waals surface area contributed by atoms with Gasteiger partial charge in [0.05, 0.1) is 5.92 Å². The van der Waals surface area contributed by atoms with Crippen molar-refractivity contribution in [3.8, 4) is 11.4 Å². The van der Waals surface area contributed by atoms with Gasteiger partial charge in [0.1, 0.15) is 0 Å². The van der Waals surface area contributed by atoms with Crippen LogP contribution in [0.4, 0.5) is 0 Å². The lowest BCUT2D eigenvalue weighted by Gasteiger charge is -2.32. The lowest BCUT2D eigenvalue weighted by atomic mass is 9.80. The summed E-state index contributed by atoms with van der Waals surface area (Å²) in [6.07, 6.45) is 9.48. The highest BCUT2D eigenvalue weighted by atomic mass is 16.4. The highest BCUT2D eigenvalue weighted by molar-refractivity contribution is 5.91. The third kappa shape index (κ3) is 5.21. The third-order valence-electron chi connectivity index (χ3n) is 8.61. The number of aliphatic carboxylic acids is 1. The van der Waals surface area contributed by atoms with E-state index in [9.17, 15) is 9.59 Å². The van der Waals surface area contributed by atoms with Crippen LogP contribution in [-0.2, 0) is 22.2 Å². The molecule has 1 heterocycles. The Morgan fingerprint density at radius 2 is 1.81 bits per heavy atom. The Hall–Kier alpha value is -2.70. The zero-order valence-corrected chi connectivity index (χ0v) is 22.1. The number of carbonyl (C=O) groups is 2. The number of nitrogens with zero attached hydrogens (tertiary/aromatic N) is 3. The number of benzene rings is 1. The summed E-state index contributed by atoms with van der Waals surface area (Å²) in [5.41, 5.74) is 3.86. The number of carboxylic acids is 1. The Labute approximate surface area is 214 Å². The molecule has 0 atom stereocenters. The summed E-state index contributed by atoms with van der Waals surface area (Å²) in [4.78, 5) is 29.0. The molecule has 0 bridgehead atoms. The van der Waals surface area contributed by atoms with E-state index in [-0.39, 0.29) is 34.5 Å². The molecule has 7 nitrogen and oxygen atoms in total. The van der Waals surface area contributed by atoms with Crippen molar-refractivity contribution in [1.29, 1.82) is 0 Å². The van der Waals surface area contributed by atoms with Crippen molar-refractivity contribution in [3.63, 3.8) is 0 Å². The van der Waals surface area contributed by atoms with E-state index >= 15 is 0 Å². The largest absolute Gasteiger partial charge is 0.481 e. The van der Waals surface area contributed by atoms with E-state index in [0.29, 0.717) is 18.8 Å². The minimum atomic E-state index is -0.795. The maximum Gasteiger partial charge on any atom is 0.306 e. The van der Waals surface area contributed by atoms with Crippen molar-refractivity contribution < 1.29 is 14.7 Å². The maximum absolute atomic E-state index is 13.1. The van der Waals surface area contributed by atoms with Gasteiger partial charge in [-0.3, -0.25) is 9.59 Å². The SMILES string of the molecule is CC(C)(C)c1cc(-c2nc(C(=O)N[C@H]3C[C@H](C(=O)O)C3)nn2CC2CCCCC2)cc(C2(C)CC2)c1. The van der Waals surface area contributed by atoms with E-state index in [1.807, 2.05) is 4.68 Å². The van der Waals surface area contributed by atoms with Crippen molar-refractivity contribution >= 4 is 11.9 Å². The molecule has 2 aromatic rings. The lowest BCUT2D eigenvalue weighted by Crippen LogP contribution is -2.47. The first-order valence-corrected chi connectivity index (χ1v) is 13.7. The van der Waals surface area contributed by atoms with Crippen LogP contribution in [0.1, 0.15) is 107 Å². The van der Waals surface area contributed by atoms with Gasteiger partial charge in [-0.25, -0.2) is 9.67 Å². The van der Waals surface area contributed by atoms with Crippen molar-refractivity contribution in [2.24, 2.45) is 11.8 Å². The second kappa shape index (κ2) is 9.31. The Bertz CT molecular complexity index is 1120. The van der Waals surface area contributed by atoms with Crippen LogP contribution >= 0.6 is 0 Å². The number of carbonyl (C=O) groups excluding carboxylic acids is 1. The Kier molecular flexibility index (Phi) is 6.46. The van der Waals surface area contributed by atoms with Gasteiger partial charge >= 0.3 is 5.97 Å². The number of rotatable bonds is 7. The first kappa shape index (κ1) is 25.0. The van der Waals surface area contributed by atoms with E-state index in [0.717, 1.165) is 17.9 Å². The topological polar surface area (TPSA) is 97.1 Å². The van der Waals surface area contributed by atoms with E-state index in [4.69, 9.17) is 15.2 Å². The average molecular weight is 493 g/mol. The first-order chi connectivity index (χ1) is 17.0. The van der Waals surface area contributed by atoms with E-state index in [2.05, 4.69) is 51.2 Å². The van der Waals surface area contributed by atoms with Gasteiger partial charge < -0.3 is 10.4 Å². The normalized spacial score (nSPS) is 23.7. The summed E-state index contributed by atoms with van der Waals surface area (Å²) in [5, 5.41) is 16.8. The number of hydrogen-bond acceptors (Lipinski definition) is 4. The number of nitrogens with one attached hydrogen (secondary N) is 1. The van der Waals surface area contributed by atoms with Crippen molar-refractivity contribution in [2.75, 3.05) is 0 Å². The van der Waals surface area contributed by atoms with E-state index < -0.39 is 5.97 Å². The number of carboxylic acid groups (broad SMARTS) is 1. The summed E-state index contributed by atoms with van der Waals surface area (Å²) in [7, 11) is 0. The molecule has 1 aromatic heterocycles. The molecule has 194 valence electrons. The fourth-order valence-corrected chi connectivity index (χ4v) is 5.60. The van der Waals surface area contributed by atoms with Crippen LogP contribution in [-0.4, -0.2) is 37.8 Å². The minimum Gasteiger partial charge on any atom is -0.481 e. The van der Waals surface area contributed by atoms with Crippen LogP contribution in [0.25, 0.3) is 11.4 Å². The third-order valence-corrected chi connectivity index (χ3v) is 8.61. The summed E-state index contributed by atoms with van der Waals surface area (Å²) in [6.45, 7) is 9.80. The maximum atomic E-state index is 13.1. The average Bonchev–Trinajstić information content (AvgIpc) is 3.42. The second-order valence-electron chi connectivity index (χ2n) is 12.7. The molecule has 0 saturated heterocycles. The molecule has 1 aromatic carbocycles. The van der Waals surface area contributed by atoms with Crippen LogP contribution in [0.2, 0.25) is 0 Å².